The van der Waals surface area contributed by atoms with E-state index in [1.807, 2.05) is 0 Å². The summed E-state index contributed by atoms with van der Waals surface area (Å²) < 4.78 is 123. The van der Waals surface area contributed by atoms with Crippen LogP contribution in [-0.4, -0.2) is 11.1 Å². The van der Waals surface area contributed by atoms with E-state index in [2.05, 4.69) is 4.74 Å². The third kappa shape index (κ3) is 2.72. The lowest BCUT2D eigenvalue weighted by atomic mass is 10.1. The molecule has 2 aromatic carbocycles. The molecule has 0 aliphatic rings. The lowest BCUT2D eigenvalue weighted by molar-refractivity contribution is 0.0683. The van der Waals surface area contributed by atoms with Gasteiger partial charge in [-0.2, -0.15) is 17.6 Å². The van der Waals surface area contributed by atoms with E-state index in [-0.39, 0.29) is 0 Å². The summed E-state index contributed by atoms with van der Waals surface area (Å²) in [5.41, 5.74) is -2.10. The number of carbonyl (C=O) groups is 1. The Morgan fingerprint density at radius 2 is 0.840 bits per heavy atom. The summed E-state index contributed by atoms with van der Waals surface area (Å²) in [6.45, 7) is 0. The Morgan fingerprint density at radius 3 is 1.16 bits per heavy atom. The zero-order chi connectivity index (χ0) is 19.2. The van der Waals surface area contributed by atoms with Gasteiger partial charge in [0.1, 0.15) is 5.56 Å². The van der Waals surface area contributed by atoms with Crippen molar-refractivity contribution in [3.05, 3.63) is 57.9 Å². The normalized spacial score (nSPS) is 10.9. The second kappa shape index (κ2) is 6.18. The van der Waals surface area contributed by atoms with Gasteiger partial charge in [0.2, 0.25) is 52.2 Å². The quantitative estimate of drug-likeness (QED) is 0.490. The molecule has 0 heterocycles. The monoisotopic (exact) mass is 376 g/mol. The Kier molecular flexibility index (Phi) is 4.55. The predicted molar refractivity (Wildman–Crippen MR) is 59.5 cm³/mol. The van der Waals surface area contributed by atoms with E-state index in [1.165, 1.54) is 0 Å². The van der Waals surface area contributed by atoms with Crippen LogP contribution >= 0.6 is 0 Å². The summed E-state index contributed by atoms with van der Waals surface area (Å²) >= 11 is 0. The first-order chi connectivity index (χ1) is 11.5. The molecular formula is C13HF9O3. The van der Waals surface area contributed by atoms with Crippen molar-refractivity contribution in [3.63, 3.8) is 0 Å². The van der Waals surface area contributed by atoms with Crippen LogP contribution in [0.25, 0.3) is 0 Å². The summed E-state index contributed by atoms with van der Waals surface area (Å²) in [4.78, 5) is 10.5. The molecule has 0 atom stereocenters. The van der Waals surface area contributed by atoms with Gasteiger partial charge in [0, 0.05) is 0 Å². The number of halogens is 9. The van der Waals surface area contributed by atoms with Crippen molar-refractivity contribution in [1.29, 1.82) is 0 Å². The first kappa shape index (κ1) is 18.4. The number of hydrogen-bond acceptors (Lipinski definition) is 2. The molecule has 0 fully saturated rings. The topological polar surface area (TPSA) is 46.5 Å². The highest BCUT2D eigenvalue weighted by atomic mass is 19.2. The number of carboxylic acid groups (broad SMARTS) is 1. The van der Waals surface area contributed by atoms with Gasteiger partial charge < -0.3 is 9.84 Å². The van der Waals surface area contributed by atoms with Crippen molar-refractivity contribution in [2.75, 3.05) is 0 Å². The molecule has 134 valence electrons. The Balaban J connectivity index is 2.74. The van der Waals surface area contributed by atoms with E-state index >= 15 is 0 Å². The van der Waals surface area contributed by atoms with Crippen LogP contribution in [0.3, 0.4) is 0 Å². The van der Waals surface area contributed by atoms with E-state index in [0.717, 1.165) is 0 Å². The van der Waals surface area contributed by atoms with Crippen LogP contribution in [0.15, 0.2) is 0 Å². The minimum Gasteiger partial charge on any atom is -0.477 e. The van der Waals surface area contributed by atoms with Crippen molar-refractivity contribution < 1.29 is 54.2 Å². The molecular weight excluding hydrogens is 375 g/mol. The Morgan fingerprint density at radius 1 is 0.560 bits per heavy atom. The number of benzene rings is 2. The highest BCUT2D eigenvalue weighted by Gasteiger charge is 2.33. The maximum absolute atomic E-state index is 13.6. The molecule has 0 saturated carbocycles. The van der Waals surface area contributed by atoms with Crippen LogP contribution < -0.4 is 4.74 Å². The molecule has 0 aliphatic heterocycles. The predicted octanol–water partition coefficient (Wildman–Crippen LogP) is 4.43. The van der Waals surface area contributed by atoms with Crippen LogP contribution in [0.5, 0.6) is 11.5 Å². The van der Waals surface area contributed by atoms with Crippen molar-refractivity contribution in [2.45, 2.75) is 0 Å². The van der Waals surface area contributed by atoms with Gasteiger partial charge in [0.15, 0.2) is 11.6 Å². The van der Waals surface area contributed by atoms with Crippen molar-refractivity contribution in [1.82, 2.24) is 0 Å². The zero-order valence-corrected chi connectivity index (χ0v) is 11.2. The number of ether oxygens (including phenoxy) is 1. The molecule has 0 radical (unpaired) electrons. The summed E-state index contributed by atoms with van der Waals surface area (Å²) in [6.07, 6.45) is 0. The second-order valence-corrected chi connectivity index (χ2v) is 4.27. The zero-order valence-electron chi connectivity index (χ0n) is 11.2. The van der Waals surface area contributed by atoms with Gasteiger partial charge >= 0.3 is 5.97 Å². The Hall–Kier alpha value is -2.92. The average Bonchev–Trinajstić information content (AvgIpc) is 2.55. The smallest absolute Gasteiger partial charge is 0.341 e. The maximum atomic E-state index is 13.6. The standard InChI is InChI=1S/C13HF9O3/c14-2-1(13(23)24)3(15)8(20)11(7(2)19)25-12-9(21)5(17)4(16)6(18)10(12)22/h(H,23,24). The highest BCUT2D eigenvalue weighted by Crippen LogP contribution is 2.37. The maximum Gasteiger partial charge on any atom is 0.341 e. The van der Waals surface area contributed by atoms with Gasteiger partial charge in [-0.25, -0.2) is 26.7 Å². The fraction of sp³-hybridized carbons (Fsp3) is 0. The van der Waals surface area contributed by atoms with Crippen LogP contribution in [0, 0.1) is 52.4 Å². The van der Waals surface area contributed by atoms with E-state index in [9.17, 15) is 44.3 Å². The third-order valence-electron chi connectivity index (χ3n) is 2.81. The first-order valence-electron chi connectivity index (χ1n) is 5.79. The van der Waals surface area contributed by atoms with Crippen LogP contribution in [0.1, 0.15) is 10.4 Å². The van der Waals surface area contributed by atoms with Crippen LogP contribution in [0.2, 0.25) is 0 Å². The molecule has 3 nitrogen and oxygen atoms in total. The van der Waals surface area contributed by atoms with Gasteiger partial charge in [0.25, 0.3) is 0 Å². The fourth-order valence-electron chi connectivity index (χ4n) is 1.67. The summed E-state index contributed by atoms with van der Waals surface area (Å²) in [5, 5.41) is 8.45. The molecule has 0 aromatic heterocycles. The lowest BCUT2D eigenvalue weighted by Gasteiger charge is -2.13. The molecule has 12 heteroatoms. The molecule has 0 amide bonds. The van der Waals surface area contributed by atoms with Crippen LogP contribution in [-0.2, 0) is 0 Å². The number of carboxylic acids is 1. The molecule has 0 saturated heterocycles. The summed E-state index contributed by atoms with van der Waals surface area (Å²) in [7, 11) is 0. The SMILES string of the molecule is O=C(O)c1c(F)c(F)c(Oc2c(F)c(F)c(F)c(F)c2F)c(F)c1F. The van der Waals surface area contributed by atoms with Gasteiger partial charge in [-0.05, 0) is 0 Å². The number of aromatic carboxylic acids is 1. The third-order valence-corrected chi connectivity index (χ3v) is 2.81. The van der Waals surface area contributed by atoms with E-state index in [0.29, 0.717) is 0 Å². The Labute approximate surface area is 130 Å². The summed E-state index contributed by atoms with van der Waals surface area (Å²) in [5.74, 6) is -30.2. The number of hydrogen-bond donors (Lipinski definition) is 1. The largest absolute Gasteiger partial charge is 0.477 e. The van der Waals surface area contributed by atoms with Gasteiger partial charge in [-0.3, -0.25) is 0 Å². The molecule has 0 spiro atoms. The van der Waals surface area contributed by atoms with Crippen LogP contribution in [0.4, 0.5) is 39.5 Å². The van der Waals surface area contributed by atoms with Gasteiger partial charge in [-0.1, -0.05) is 0 Å². The molecule has 2 rings (SSSR count). The molecule has 0 bridgehead atoms. The Bertz CT molecular complexity index is 853. The minimum absolute atomic E-state index is 2.10. The summed E-state index contributed by atoms with van der Waals surface area (Å²) in [6, 6.07) is 0. The minimum atomic E-state index is -2.64. The van der Waals surface area contributed by atoms with Gasteiger partial charge in [-0.15, -0.1) is 0 Å². The van der Waals surface area contributed by atoms with Crippen molar-refractivity contribution in [2.24, 2.45) is 0 Å². The van der Waals surface area contributed by atoms with Gasteiger partial charge in [0.05, 0.1) is 0 Å². The average molecular weight is 376 g/mol. The highest BCUT2D eigenvalue weighted by molar-refractivity contribution is 5.88. The fourth-order valence-corrected chi connectivity index (χ4v) is 1.67. The molecule has 0 unspecified atom stereocenters. The van der Waals surface area contributed by atoms with E-state index in [4.69, 9.17) is 5.11 Å². The lowest BCUT2D eigenvalue weighted by Crippen LogP contribution is -2.12. The van der Waals surface area contributed by atoms with Crippen molar-refractivity contribution >= 4 is 5.97 Å². The molecule has 0 aliphatic carbocycles. The van der Waals surface area contributed by atoms with Crippen molar-refractivity contribution in [3.8, 4) is 11.5 Å². The second-order valence-electron chi connectivity index (χ2n) is 4.27. The molecule has 25 heavy (non-hydrogen) atoms. The van der Waals surface area contributed by atoms with E-state index in [1.54, 1.807) is 0 Å². The van der Waals surface area contributed by atoms with E-state index < -0.39 is 75.4 Å². The molecule has 2 aromatic rings. The molecule has 1 N–H and O–H groups in total. The number of rotatable bonds is 3. The first-order valence-corrected chi connectivity index (χ1v) is 5.79.